The van der Waals surface area contributed by atoms with Gasteiger partial charge in [-0.1, -0.05) is 12.1 Å². The molecule has 24 heavy (non-hydrogen) atoms. The number of carbonyl (C=O) groups is 2. The average molecular weight is 320 g/mol. The number of hydrogen-bond acceptors (Lipinski definition) is 3. The molecule has 0 saturated heterocycles. The van der Waals surface area contributed by atoms with E-state index in [0.717, 1.165) is 28.7 Å². The number of benzene rings is 2. The molecule has 2 amide bonds. The van der Waals surface area contributed by atoms with Gasteiger partial charge in [0, 0.05) is 24.7 Å². The highest BCUT2D eigenvalue weighted by Gasteiger charge is 2.23. The summed E-state index contributed by atoms with van der Waals surface area (Å²) in [6.07, 6.45) is 2.36. The SMILES string of the molecule is CC(=O)N1CCc2cc(C(=O)Nn3cnc4ccccc43)ccc21. The molecule has 0 unspecified atom stereocenters. The smallest absolute Gasteiger partial charge is 0.270 e. The minimum absolute atomic E-state index is 0.0239. The molecule has 6 nitrogen and oxygen atoms in total. The van der Waals surface area contributed by atoms with E-state index in [2.05, 4.69) is 10.4 Å². The van der Waals surface area contributed by atoms with Gasteiger partial charge in [0.25, 0.3) is 5.91 Å². The minimum atomic E-state index is -0.206. The van der Waals surface area contributed by atoms with Gasteiger partial charge in [0.15, 0.2) is 0 Å². The Balaban J connectivity index is 1.60. The number of para-hydroxylation sites is 2. The minimum Gasteiger partial charge on any atom is -0.312 e. The van der Waals surface area contributed by atoms with Gasteiger partial charge in [-0.2, -0.15) is 0 Å². The van der Waals surface area contributed by atoms with Crippen molar-refractivity contribution < 1.29 is 9.59 Å². The molecule has 1 aliphatic rings. The number of nitrogens with zero attached hydrogens (tertiary/aromatic N) is 3. The Morgan fingerprint density at radius 2 is 2.00 bits per heavy atom. The molecular weight excluding hydrogens is 304 g/mol. The standard InChI is InChI=1S/C18H16N4O2/c1-12(23)21-9-8-13-10-14(6-7-16(13)21)18(24)20-22-11-19-15-4-2-3-5-17(15)22/h2-7,10-11H,8-9H2,1H3,(H,20,24). The zero-order valence-electron chi connectivity index (χ0n) is 13.2. The first-order chi connectivity index (χ1) is 11.6. The Hall–Kier alpha value is -3.15. The van der Waals surface area contributed by atoms with Crippen LogP contribution in [-0.4, -0.2) is 28.0 Å². The molecule has 0 aliphatic carbocycles. The van der Waals surface area contributed by atoms with Crippen LogP contribution in [0.5, 0.6) is 0 Å². The summed E-state index contributed by atoms with van der Waals surface area (Å²) in [5.41, 5.74) is 6.99. The number of hydrogen-bond donors (Lipinski definition) is 1. The van der Waals surface area contributed by atoms with Gasteiger partial charge in [-0.25, -0.2) is 9.66 Å². The summed E-state index contributed by atoms with van der Waals surface area (Å²) in [5.74, 6) is -0.182. The van der Waals surface area contributed by atoms with E-state index in [-0.39, 0.29) is 11.8 Å². The lowest BCUT2D eigenvalue weighted by Crippen LogP contribution is -2.25. The predicted molar refractivity (Wildman–Crippen MR) is 91.6 cm³/mol. The number of aromatic nitrogens is 2. The highest BCUT2D eigenvalue weighted by atomic mass is 16.2. The topological polar surface area (TPSA) is 67.2 Å². The van der Waals surface area contributed by atoms with E-state index in [0.29, 0.717) is 12.1 Å². The van der Waals surface area contributed by atoms with Crippen molar-refractivity contribution >= 4 is 28.5 Å². The lowest BCUT2D eigenvalue weighted by Gasteiger charge is -2.15. The van der Waals surface area contributed by atoms with Gasteiger partial charge in [-0.3, -0.25) is 15.0 Å². The highest BCUT2D eigenvalue weighted by molar-refractivity contribution is 6.02. The second kappa shape index (κ2) is 5.49. The summed E-state index contributed by atoms with van der Waals surface area (Å²) in [6.45, 7) is 2.22. The maximum Gasteiger partial charge on any atom is 0.270 e. The third kappa shape index (κ3) is 2.32. The summed E-state index contributed by atoms with van der Waals surface area (Å²) < 4.78 is 1.62. The predicted octanol–water partition coefficient (Wildman–Crippen LogP) is 2.33. The van der Waals surface area contributed by atoms with Crippen molar-refractivity contribution in [3.05, 3.63) is 59.9 Å². The van der Waals surface area contributed by atoms with E-state index in [1.54, 1.807) is 28.9 Å². The van der Waals surface area contributed by atoms with E-state index in [1.807, 2.05) is 36.4 Å². The average Bonchev–Trinajstić information content (AvgIpc) is 3.18. The maximum atomic E-state index is 12.5. The molecule has 1 aromatic heterocycles. The quantitative estimate of drug-likeness (QED) is 0.788. The monoisotopic (exact) mass is 320 g/mol. The molecule has 0 bridgehead atoms. The molecule has 1 N–H and O–H groups in total. The van der Waals surface area contributed by atoms with Crippen molar-refractivity contribution in [2.75, 3.05) is 16.9 Å². The Morgan fingerprint density at radius 3 is 2.83 bits per heavy atom. The van der Waals surface area contributed by atoms with E-state index in [9.17, 15) is 9.59 Å². The van der Waals surface area contributed by atoms with Crippen molar-refractivity contribution in [1.29, 1.82) is 0 Å². The van der Waals surface area contributed by atoms with Crippen molar-refractivity contribution in [3.63, 3.8) is 0 Å². The highest BCUT2D eigenvalue weighted by Crippen LogP contribution is 2.29. The lowest BCUT2D eigenvalue weighted by molar-refractivity contribution is -0.116. The van der Waals surface area contributed by atoms with Crippen LogP contribution in [0.25, 0.3) is 11.0 Å². The fourth-order valence-electron chi connectivity index (χ4n) is 3.09. The number of carbonyl (C=O) groups excluding carboxylic acids is 2. The summed E-state index contributed by atoms with van der Waals surface area (Å²) in [6, 6.07) is 13.0. The second-order valence-corrected chi connectivity index (χ2v) is 5.81. The number of fused-ring (bicyclic) bond motifs is 2. The third-order valence-electron chi connectivity index (χ3n) is 4.29. The second-order valence-electron chi connectivity index (χ2n) is 5.81. The molecule has 0 saturated carbocycles. The van der Waals surface area contributed by atoms with Crippen LogP contribution in [-0.2, 0) is 11.2 Å². The van der Waals surface area contributed by atoms with Gasteiger partial charge in [-0.05, 0) is 42.3 Å². The molecule has 0 atom stereocenters. The van der Waals surface area contributed by atoms with Gasteiger partial charge in [0.2, 0.25) is 5.91 Å². The summed E-state index contributed by atoms with van der Waals surface area (Å²) in [5, 5.41) is 0. The van der Waals surface area contributed by atoms with Crippen molar-refractivity contribution in [2.24, 2.45) is 0 Å². The van der Waals surface area contributed by atoms with Crippen LogP contribution in [0.2, 0.25) is 0 Å². The fraction of sp³-hybridized carbons (Fsp3) is 0.167. The number of rotatable bonds is 2. The molecule has 4 rings (SSSR count). The molecule has 1 aliphatic heterocycles. The molecule has 6 heteroatoms. The largest absolute Gasteiger partial charge is 0.312 e. The van der Waals surface area contributed by atoms with E-state index in [4.69, 9.17) is 0 Å². The van der Waals surface area contributed by atoms with Gasteiger partial charge in [0.1, 0.15) is 6.33 Å². The zero-order chi connectivity index (χ0) is 16.7. The number of nitrogens with one attached hydrogen (secondary N) is 1. The van der Waals surface area contributed by atoms with E-state index in [1.165, 1.54) is 0 Å². The summed E-state index contributed by atoms with van der Waals surface area (Å²) >= 11 is 0. The maximum absolute atomic E-state index is 12.5. The van der Waals surface area contributed by atoms with E-state index < -0.39 is 0 Å². The van der Waals surface area contributed by atoms with Crippen LogP contribution in [0.15, 0.2) is 48.8 Å². The Kier molecular flexibility index (Phi) is 3.30. The Labute approximate surface area is 138 Å². The van der Waals surface area contributed by atoms with Crippen LogP contribution in [0.4, 0.5) is 5.69 Å². The van der Waals surface area contributed by atoms with Crippen molar-refractivity contribution in [1.82, 2.24) is 9.66 Å². The van der Waals surface area contributed by atoms with Crippen LogP contribution < -0.4 is 10.3 Å². The first-order valence-electron chi connectivity index (χ1n) is 7.78. The van der Waals surface area contributed by atoms with E-state index >= 15 is 0 Å². The van der Waals surface area contributed by atoms with Crippen LogP contribution in [0.3, 0.4) is 0 Å². The van der Waals surface area contributed by atoms with Crippen LogP contribution >= 0.6 is 0 Å². The lowest BCUT2D eigenvalue weighted by atomic mass is 10.1. The normalized spacial score (nSPS) is 13.1. The molecular formula is C18H16N4O2. The van der Waals surface area contributed by atoms with Crippen LogP contribution in [0.1, 0.15) is 22.8 Å². The number of anilines is 1. The Bertz CT molecular complexity index is 961. The Morgan fingerprint density at radius 1 is 1.17 bits per heavy atom. The molecule has 3 aromatic rings. The molecule has 0 spiro atoms. The van der Waals surface area contributed by atoms with Gasteiger partial charge in [-0.15, -0.1) is 0 Å². The zero-order valence-corrected chi connectivity index (χ0v) is 13.2. The van der Waals surface area contributed by atoms with Gasteiger partial charge in [0.05, 0.1) is 11.0 Å². The van der Waals surface area contributed by atoms with Crippen molar-refractivity contribution in [2.45, 2.75) is 13.3 Å². The summed E-state index contributed by atoms with van der Waals surface area (Å²) in [4.78, 5) is 30.1. The fourth-order valence-corrected chi connectivity index (χ4v) is 3.09. The molecule has 0 radical (unpaired) electrons. The molecule has 0 fully saturated rings. The first kappa shape index (κ1) is 14.4. The van der Waals surface area contributed by atoms with Crippen molar-refractivity contribution in [3.8, 4) is 0 Å². The first-order valence-corrected chi connectivity index (χ1v) is 7.78. The molecule has 120 valence electrons. The summed E-state index contributed by atoms with van der Waals surface area (Å²) in [7, 11) is 0. The number of imidazole rings is 1. The molecule has 2 aromatic carbocycles. The van der Waals surface area contributed by atoms with Gasteiger partial charge < -0.3 is 4.90 Å². The number of amides is 2. The van der Waals surface area contributed by atoms with Gasteiger partial charge >= 0.3 is 0 Å². The molecule has 2 heterocycles. The third-order valence-corrected chi connectivity index (χ3v) is 4.29. The van der Waals surface area contributed by atoms with Crippen LogP contribution in [0, 0.1) is 0 Å².